The van der Waals surface area contributed by atoms with Crippen LogP contribution in [0.2, 0.25) is 0 Å². The summed E-state index contributed by atoms with van der Waals surface area (Å²) in [5.74, 6) is 0. The first-order valence-corrected chi connectivity index (χ1v) is 6.20. The Balaban J connectivity index is 2.37. The highest BCUT2D eigenvalue weighted by atomic mass is 32.1. The van der Waals surface area contributed by atoms with Crippen LogP contribution in [0.3, 0.4) is 0 Å². The first-order valence-electron chi connectivity index (χ1n) is 5.32. The fourth-order valence-corrected chi connectivity index (χ4v) is 2.67. The van der Waals surface area contributed by atoms with E-state index in [0.29, 0.717) is 0 Å². The smallest absolute Gasteiger partial charge is 0.114 e. The highest BCUT2D eigenvalue weighted by Crippen LogP contribution is 2.24. The third-order valence-electron chi connectivity index (χ3n) is 2.51. The Morgan fingerprint density at radius 1 is 1.12 bits per heavy atom. The van der Waals surface area contributed by atoms with Crippen molar-refractivity contribution < 1.29 is 0 Å². The zero-order chi connectivity index (χ0) is 11.7. The minimum atomic E-state index is -0.0997. The number of hydrogen-bond donors (Lipinski definition) is 1. The van der Waals surface area contributed by atoms with Gasteiger partial charge < -0.3 is 5.73 Å². The Morgan fingerprint density at radius 2 is 1.75 bits per heavy atom. The van der Waals surface area contributed by atoms with E-state index >= 15 is 0 Å². The predicted molar refractivity (Wildman–Crippen MR) is 68.8 cm³/mol. The van der Waals surface area contributed by atoms with Crippen molar-refractivity contribution in [1.29, 1.82) is 0 Å². The van der Waals surface area contributed by atoms with E-state index in [2.05, 4.69) is 37.0 Å². The summed E-state index contributed by atoms with van der Waals surface area (Å²) in [6.45, 7) is 6.18. The van der Waals surface area contributed by atoms with E-state index in [1.807, 2.05) is 12.3 Å². The summed E-state index contributed by atoms with van der Waals surface area (Å²) in [4.78, 5) is 4.44. The third-order valence-corrected chi connectivity index (χ3v) is 3.55. The minimum absolute atomic E-state index is 0.0997. The molecule has 0 aliphatic rings. The Hall–Kier alpha value is -1.19. The number of aryl methyl sites for hydroxylation is 3. The predicted octanol–water partition coefficient (Wildman–Crippen LogP) is 3.12. The van der Waals surface area contributed by atoms with Crippen molar-refractivity contribution in [3.63, 3.8) is 0 Å². The van der Waals surface area contributed by atoms with Crippen LogP contribution < -0.4 is 5.73 Å². The average molecular weight is 232 g/mol. The zero-order valence-electron chi connectivity index (χ0n) is 9.82. The van der Waals surface area contributed by atoms with Gasteiger partial charge in [0.05, 0.1) is 6.04 Å². The molecule has 0 radical (unpaired) electrons. The molecular weight excluding hydrogens is 216 g/mol. The van der Waals surface area contributed by atoms with E-state index in [4.69, 9.17) is 5.73 Å². The van der Waals surface area contributed by atoms with Crippen molar-refractivity contribution in [2.75, 3.05) is 0 Å². The van der Waals surface area contributed by atoms with Crippen LogP contribution in [-0.2, 0) is 0 Å². The van der Waals surface area contributed by atoms with Crippen LogP contribution in [0.1, 0.15) is 33.4 Å². The molecule has 0 aliphatic heterocycles. The standard InChI is InChI=1S/C13H16N2S/c1-8-4-9(2)6-11(5-8)12(14)13-15-10(3)7-16-13/h4-7,12H,14H2,1-3H3. The van der Waals surface area contributed by atoms with E-state index in [1.54, 1.807) is 11.3 Å². The van der Waals surface area contributed by atoms with Gasteiger partial charge in [-0.25, -0.2) is 4.98 Å². The molecule has 1 heterocycles. The molecule has 16 heavy (non-hydrogen) atoms. The van der Waals surface area contributed by atoms with E-state index in [9.17, 15) is 0 Å². The van der Waals surface area contributed by atoms with E-state index in [1.165, 1.54) is 11.1 Å². The molecule has 2 rings (SSSR count). The third kappa shape index (κ3) is 2.31. The maximum atomic E-state index is 6.22. The van der Waals surface area contributed by atoms with Gasteiger partial charge in [-0.2, -0.15) is 0 Å². The summed E-state index contributed by atoms with van der Waals surface area (Å²) in [6, 6.07) is 6.32. The summed E-state index contributed by atoms with van der Waals surface area (Å²) >= 11 is 1.63. The molecule has 2 N–H and O–H groups in total. The van der Waals surface area contributed by atoms with Crippen LogP contribution in [0.25, 0.3) is 0 Å². The molecule has 0 saturated heterocycles. The average Bonchev–Trinajstić information content (AvgIpc) is 2.62. The molecule has 84 valence electrons. The number of nitrogens with two attached hydrogens (primary N) is 1. The maximum Gasteiger partial charge on any atom is 0.114 e. The summed E-state index contributed by atoms with van der Waals surface area (Å²) in [7, 11) is 0. The normalized spacial score (nSPS) is 12.8. The number of thiazole rings is 1. The fourth-order valence-electron chi connectivity index (χ4n) is 1.85. The van der Waals surface area contributed by atoms with Crippen molar-refractivity contribution in [2.24, 2.45) is 5.73 Å². The highest BCUT2D eigenvalue weighted by molar-refractivity contribution is 7.09. The number of rotatable bonds is 2. The molecule has 2 nitrogen and oxygen atoms in total. The molecule has 0 fully saturated rings. The minimum Gasteiger partial charge on any atom is -0.318 e. The Morgan fingerprint density at radius 3 is 2.25 bits per heavy atom. The maximum absolute atomic E-state index is 6.22. The van der Waals surface area contributed by atoms with E-state index < -0.39 is 0 Å². The van der Waals surface area contributed by atoms with E-state index in [-0.39, 0.29) is 6.04 Å². The van der Waals surface area contributed by atoms with Gasteiger partial charge in [0.15, 0.2) is 0 Å². The van der Waals surface area contributed by atoms with Gasteiger partial charge in [0.25, 0.3) is 0 Å². The van der Waals surface area contributed by atoms with Crippen LogP contribution in [-0.4, -0.2) is 4.98 Å². The Kier molecular flexibility index (Phi) is 3.08. The molecule has 1 aromatic carbocycles. The lowest BCUT2D eigenvalue weighted by molar-refractivity contribution is 0.849. The SMILES string of the molecule is Cc1cc(C)cc(C(N)c2nc(C)cs2)c1. The first-order chi connectivity index (χ1) is 7.56. The van der Waals surface area contributed by atoms with Gasteiger partial charge in [0.2, 0.25) is 0 Å². The number of aromatic nitrogens is 1. The summed E-state index contributed by atoms with van der Waals surface area (Å²) in [5.41, 5.74) is 10.9. The summed E-state index contributed by atoms with van der Waals surface area (Å²) in [5, 5.41) is 3.03. The largest absolute Gasteiger partial charge is 0.318 e. The van der Waals surface area contributed by atoms with Gasteiger partial charge in [0.1, 0.15) is 5.01 Å². The van der Waals surface area contributed by atoms with Crippen molar-refractivity contribution in [3.8, 4) is 0 Å². The van der Waals surface area contributed by atoms with Crippen LogP contribution in [0, 0.1) is 20.8 Å². The van der Waals surface area contributed by atoms with Crippen molar-refractivity contribution in [1.82, 2.24) is 4.98 Å². The highest BCUT2D eigenvalue weighted by Gasteiger charge is 2.12. The molecule has 0 aliphatic carbocycles. The van der Waals surface area contributed by atoms with Gasteiger partial charge in [-0.05, 0) is 26.3 Å². The number of nitrogens with zero attached hydrogens (tertiary/aromatic N) is 1. The quantitative estimate of drug-likeness (QED) is 0.864. The first kappa shape index (κ1) is 11.3. The molecule has 0 amide bonds. The van der Waals surface area contributed by atoms with Crippen LogP contribution in [0.5, 0.6) is 0 Å². The van der Waals surface area contributed by atoms with Crippen LogP contribution >= 0.6 is 11.3 Å². The lowest BCUT2D eigenvalue weighted by atomic mass is 10.0. The van der Waals surface area contributed by atoms with Crippen LogP contribution in [0.15, 0.2) is 23.6 Å². The van der Waals surface area contributed by atoms with Crippen molar-refractivity contribution in [2.45, 2.75) is 26.8 Å². The number of benzene rings is 1. The lowest BCUT2D eigenvalue weighted by Crippen LogP contribution is -2.12. The van der Waals surface area contributed by atoms with E-state index in [0.717, 1.165) is 16.3 Å². The Bertz CT molecular complexity index is 482. The van der Waals surface area contributed by atoms with Crippen molar-refractivity contribution >= 4 is 11.3 Å². The second-order valence-corrected chi connectivity index (χ2v) is 5.12. The molecular formula is C13H16N2S. The number of hydrogen-bond acceptors (Lipinski definition) is 3. The fraction of sp³-hybridized carbons (Fsp3) is 0.308. The molecule has 0 saturated carbocycles. The van der Waals surface area contributed by atoms with Gasteiger partial charge in [0, 0.05) is 11.1 Å². The van der Waals surface area contributed by atoms with Gasteiger partial charge >= 0.3 is 0 Å². The monoisotopic (exact) mass is 232 g/mol. The van der Waals surface area contributed by atoms with Gasteiger partial charge in [-0.15, -0.1) is 11.3 Å². The molecule has 0 spiro atoms. The molecule has 1 unspecified atom stereocenters. The molecule has 1 aromatic heterocycles. The Labute approximate surface area is 100 Å². The zero-order valence-corrected chi connectivity index (χ0v) is 10.6. The summed E-state index contributed by atoms with van der Waals surface area (Å²) < 4.78 is 0. The molecule has 1 atom stereocenters. The summed E-state index contributed by atoms with van der Waals surface area (Å²) in [6.07, 6.45) is 0. The van der Waals surface area contributed by atoms with Crippen LogP contribution in [0.4, 0.5) is 0 Å². The molecule has 0 bridgehead atoms. The molecule has 3 heteroatoms. The molecule has 2 aromatic rings. The van der Waals surface area contributed by atoms with Crippen molar-refractivity contribution in [3.05, 3.63) is 51.0 Å². The van der Waals surface area contributed by atoms with Gasteiger partial charge in [-0.3, -0.25) is 0 Å². The second-order valence-electron chi connectivity index (χ2n) is 4.23. The lowest BCUT2D eigenvalue weighted by Gasteiger charge is -2.11. The second kappa shape index (κ2) is 4.36. The topological polar surface area (TPSA) is 38.9 Å². The van der Waals surface area contributed by atoms with Gasteiger partial charge in [-0.1, -0.05) is 29.3 Å².